The highest BCUT2D eigenvalue weighted by Gasteiger charge is 2.49. The van der Waals surface area contributed by atoms with Crippen LogP contribution in [0, 0.1) is 12.8 Å². The van der Waals surface area contributed by atoms with E-state index in [1.807, 2.05) is 18.2 Å². The molecule has 2 aliphatic rings. The fraction of sp³-hybridized carbons (Fsp3) is 0.318. The lowest BCUT2D eigenvalue weighted by atomic mass is 9.73. The minimum absolute atomic E-state index is 0.328. The Morgan fingerprint density at radius 2 is 1.96 bits per heavy atom. The van der Waals surface area contributed by atoms with Gasteiger partial charge >= 0.3 is 5.97 Å². The SMILES string of the molecule is Cc1nc(C(C)(c2ccc3c(c2C(=O)O)Cc2ccccc2-3)C2CC2)no1. The summed E-state index contributed by atoms with van der Waals surface area (Å²) in [6, 6.07) is 12.2. The second-order valence-corrected chi connectivity index (χ2v) is 7.77. The average Bonchev–Trinajstić information content (AvgIpc) is 3.32. The van der Waals surface area contributed by atoms with Gasteiger partial charge in [0.15, 0.2) is 5.82 Å². The summed E-state index contributed by atoms with van der Waals surface area (Å²) in [5, 5.41) is 14.3. The van der Waals surface area contributed by atoms with E-state index in [1.54, 1.807) is 6.92 Å². The van der Waals surface area contributed by atoms with Crippen LogP contribution in [0.5, 0.6) is 0 Å². The van der Waals surface area contributed by atoms with Crippen LogP contribution in [0.4, 0.5) is 0 Å². The van der Waals surface area contributed by atoms with Crippen LogP contribution in [-0.4, -0.2) is 21.2 Å². The molecule has 5 nitrogen and oxygen atoms in total. The first-order valence-corrected chi connectivity index (χ1v) is 9.29. The standard InChI is InChI=1S/C22H20N2O3/c1-12-23-21(24-27-12)22(2,14-7-8-14)18-10-9-16-15-6-4-3-5-13(15)11-17(16)19(18)20(25)26/h3-6,9-10,14H,7-8,11H2,1-2H3,(H,25,26). The number of aromatic nitrogens is 2. The summed E-state index contributed by atoms with van der Waals surface area (Å²) < 4.78 is 5.25. The quantitative estimate of drug-likeness (QED) is 0.585. The minimum Gasteiger partial charge on any atom is -0.478 e. The zero-order valence-electron chi connectivity index (χ0n) is 15.3. The van der Waals surface area contributed by atoms with Gasteiger partial charge in [0.05, 0.1) is 11.0 Å². The highest BCUT2D eigenvalue weighted by molar-refractivity contribution is 5.96. The smallest absolute Gasteiger partial charge is 0.336 e. The van der Waals surface area contributed by atoms with Gasteiger partial charge < -0.3 is 9.63 Å². The minimum atomic E-state index is -0.887. The van der Waals surface area contributed by atoms with Gasteiger partial charge in [0.1, 0.15) is 0 Å². The van der Waals surface area contributed by atoms with Crippen molar-refractivity contribution in [3.8, 4) is 11.1 Å². The van der Waals surface area contributed by atoms with Crippen molar-refractivity contribution in [1.82, 2.24) is 10.1 Å². The third-order valence-electron chi connectivity index (χ3n) is 6.15. The van der Waals surface area contributed by atoms with Gasteiger partial charge in [-0.15, -0.1) is 0 Å². The number of aromatic carboxylic acids is 1. The van der Waals surface area contributed by atoms with E-state index in [1.165, 1.54) is 5.56 Å². The van der Waals surface area contributed by atoms with E-state index in [0.717, 1.165) is 35.1 Å². The average molecular weight is 360 g/mol. The molecule has 0 amide bonds. The molecule has 3 aromatic rings. The molecule has 2 aromatic carbocycles. The van der Waals surface area contributed by atoms with Crippen molar-refractivity contribution in [1.29, 1.82) is 0 Å². The summed E-state index contributed by atoms with van der Waals surface area (Å²) in [5.74, 6) is 0.527. The van der Waals surface area contributed by atoms with Crippen molar-refractivity contribution < 1.29 is 14.4 Å². The fourth-order valence-electron chi connectivity index (χ4n) is 4.58. The maximum absolute atomic E-state index is 12.4. The van der Waals surface area contributed by atoms with Gasteiger partial charge in [-0.1, -0.05) is 41.6 Å². The van der Waals surface area contributed by atoms with Gasteiger partial charge in [0.25, 0.3) is 0 Å². The van der Waals surface area contributed by atoms with Crippen LogP contribution in [0.1, 0.15) is 58.5 Å². The van der Waals surface area contributed by atoms with Crippen molar-refractivity contribution in [3.63, 3.8) is 0 Å². The van der Waals surface area contributed by atoms with Crippen LogP contribution < -0.4 is 0 Å². The molecule has 0 saturated heterocycles. The van der Waals surface area contributed by atoms with E-state index in [4.69, 9.17) is 4.52 Å². The first kappa shape index (κ1) is 16.2. The van der Waals surface area contributed by atoms with E-state index in [9.17, 15) is 9.90 Å². The van der Waals surface area contributed by atoms with E-state index in [-0.39, 0.29) is 0 Å². The van der Waals surface area contributed by atoms with Gasteiger partial charge in [-0.2, -0.15) is 4.98 Å². The van der Waals surface area contributed by atoms with Crippen LogP contribution >= 0.6 is 0 Å². The number of benzene rings is 2. The van der Waals surface area contributed by atoms with Crippen LogP contribution in [0.2, 0.25) is 0 Å². The molecule has 1 saturated carbocycles. The second-order valence-electron chi connectivity index (χ2n) is 7.77. The largest absolute Gasteiger partial charge is 0.478 e. The molecule has 5 heteroatoms. The molecular weight excluding hydrogens is 340 g/mol. The van der Waals surface area contributed by atoms with Gasteiger partial charge in [-0.05, 0) is 59.9 Å². The molecule has 0 bridgehead atoms. The summed E-state index contributed by atoms with van der Waals surface area (Å²) >= 11 is 0. The molecule has 1 aromatic heterocycles. The van der Waals surface area contributed by atoms with E-state index < -0.39 is 11.4 Å². The molecule has 136 valence electrons. The lowest BCUT2D eigenvalue weighted by Crippen LogP contribution is -2.31. The second kappa shape index (κ2) is 5.52. The third-order valence-corrected chi connectivity index (χ3v) is 6.15. The summed E-state index contributed by atoms with van der Waals surface area (Å²) in [6.07, 6.45) is 2.73. The fourth-order valence-corrected chi connectivity index (χ4v) is 4.58. The maximum atomic E-state index is 12.4. The van der Waals surface area contributed by atoms with Crippen LogP contribution in [0.15, 0.2) is 40.9 Å². The van der Waals surface area contributed by atoms with Gasteiger partial charge in [-0.25, -0.2) is 4.79 Å². The number of hydrogen-bond acceptors (Lipinski definition) is 4. The van der Waals surface area contributed by atoms with Crippen LogP contribution in [-0.2, 0) is 11.8 Å². The summed E-state index contributed by atoms with van der Waals surface area (Å²) in [7, 11) is 0. The molecule has 1 atom stereocenters. The van der Waals surface area contributed by atoms with E-state index in [2.05, 4.69) is 35.3 Å². The number of aryl methyl sites for hydroxylation is 1. The molecule has 1 fully saturated rings. The first-order valence-electron chi connectivity index (χ1n) is 9.29. The zero-order valence-corrected chi connectivity index (χ0v) is 15.3. The Bertz CT molecular complexity index is 1080. The molecule has 1 unspecified atom stereocenters. The molecule has 2 aliphatic carbocycles. The highest BCUT2D eigenvalue weighted by Crippen LogP contribution is 2.53. The Morgan fingerprint density at radius 3 is 2.63 bits per heavy atom. The van der Waals surface area contributed by atoms with E-state index in [0.29, 0.717) is 29.6 Å². The molecule has 5 rings (SSSR count). The molecule has 1 N–H and O–H groups in total. The first-order chi connectivity index (χ1) is 13.0. The Hall–Kier alpha value is -2.95. The highest BCUT2D eigenvalue weighted by atomic mass is 16.5. The van der Waals surface area contributed by atoms with Gasteiger partial charge in [0.2, 0.25) is 5.89 Å². The number of nitrogens with zero attached hydrogens (tertiary/aromatic N) is 2. The predicted octanol–water partition coefficient (Wildman–Crippen LogP) is 4.36. The van der Waals surface area contributed by atoms with Gasteiger partial charge in [0, 0.05) is 6.92 Å². The Balaban J connectivity index is 1.76. The molecule has 27 heavy (non-hydrogen) atoms. The monoisotopic (exact) mass is 360 g/mol. The summed E-state index contributed by atoms with van der Waals surface area (Å²) in [5.41, 5.74) is 4.86. The number of fused-ring (bicyclic) bond motifs is 3. The number of carboxylic acids is 1. The van der Waals surface area contributed by atoms with E-state index >= 15 is 0 Å². The van der Waals surface area contributed by atoms with Crippen molar-refractivity contribution in [2.75, 3.05) is 0 Å². The molecule has 0 aliphatic heterocycles. The van der Waals surface area contributed by atoms with Gasteiger partial charge in [-0.3, -0.25) is 0 Å². The lowest BCUT2D eigenvalue weighted by Gasteiger charge is -2.29. The molecule has 0 radical (unpaired) electrons. The topological polar surface area (TPSA) is 76.2 Å². The Morgan fingerprint density at radius 1 is 1.19 bits per heavy atom. The van der Waals surface area contributed by atoms with Crippen molar-refractivity contribution in [2.24, 2.45) is 5.92 Å². The third kappa shape index (κ3) is 2.27. The number of hydrogen-bond donors (Lipinski definition) is 1. The Kier molecular flexibility index (Phi) is 3.32. The molecule has 1 heterocycles. The summed E-state index contributed by atoms with van der Waals surface area (Å²) in [4.78, 5) is 16.9. The maximum Gasteiger partial charge on any atom is 0.336 e. The lowest BCUT2D eigenvalue weighted by molar-refractivity contribution is 0.0693. The molecular formula is C22H20N2O3. The van der Waals surface area contributed by atoms with Crippen molar-refractivity contribution >= 4 is 5.97 Å². The predicted molar refractivity (Wildman–Crippen MR) is 99.9 cm³/mol. The number of carbonyl (C=O) groups is 1. The van der Waals surface area contributed by atoms with Crippen molar-refractivity contribution in [2.45, 2.75) is 38.5 Å². The molecule has 0 spiro atoms. The normalized spacial score (nSPS) is 17.3. The zero-order chi connectivity index (χ0) is 18.8. The number of carboxylic acid groups (broad SMARTS) is 1. The van der Waals surface area contributed by atoms with Crippen molar-refractivity contribution in [3.05, 3.63) is 70.4 Å². The summed E-state index contributed by atoms with van der Waals surface area (Å²) in [6.45, 7) is 3.83. The Labute approximate surface area is 157 Å². The number of rotatable bonds is 4. The van der Waals surface area contributed by atoms with Crippen LogP contribution in [0.3, 0.4) is 0 Å². The van der Waals surface area contributed by atoms with Crippen LogP contribution in [0.25, 0.3) is 11.1 Å².